The van der Waals surface area contributed by atoms with Crippen LogP contribution in [0.4, 0.5) is 19.0 Å². The standard InChI is InChI=1S/C15H13F3IN3O2/c1-2-24-12-6-9(5-11(19)14(12)23)7-21-22-13-4-3-10(8-20-13)15(16,17)18/h3-8,23H,2H2,1H3,(H,20,22)/b21-7-. The van der Waals surface area contributed by atoms with Gasteiger partial charge in [0.15, 0.2) is 11.5 Å². The average Bonchev–Trinajstić information content (AvgIpc) is 2.52. The number of anilines is 1. The Morgan fingerprint density at radius 1 is 1.38 bits per heavy atom. The molecule has 1 aromatic carbocycles. The second-order valence-corrected chi connectivity index (χ2v) is 5.74. The molecule has 2 rings (SSSR count). The van der Waals surface area contributed by atoms with Gasteiger partial charge in [-0.2, -0.15) is 18.3 Å². The minimum atomic E-state index is -4.42. The van der Waals surface area contributed by atoms with Crippen molar-refractivity contribution in [1.29, 1.82) is 0 Å². The van der Waals surface area contributed by atoms with E-state index in [-0.39, 0.29) is 11.6 Å². The number of alkyl halides is 3. The van der Waals surface area contributed by atoms with Crippen molar-refractivity contribution >= 4 is 34.6 Å². The molecule has 1 aromatic heterocycles. The molecule has 0 fully saturated rings. The van der Waals surface area contributed by atoms with Gasteiger partial charge >= 0.3 is 6.18 Å². The lowest BCUT2D eigenvalue weighted by atomic mass is 10.2. The third kappa shape index (κ3) is 4.73. The number of hydrogen-bond donors (Lipinski definition) is 2. The van der Waals surface area contributed by atoms with Crippen LogP contribution in [0, 0.1) is 3.57 Å². The van der Waals surface area contributed by atoms with Crippen LogP contribution in [0.3, 0.4) is 0 Å². The van der Waals surface area contributed by atoms with Gasteiger partial charge in [0.25, 0.3) is 0 Å². The maximum atomic E-state index is 12.4. The maximum absolute atomic E-state index is 12.4. The lowest BCUT2D eigenvalue weighted by molar-refractivity contribution is -0.137. The predicted octanol–water partition coefficient (Wildman–Crippen LogP) is 4.26. The van der Waals surface area contributed by atoms with Gasteiger partial charge in [0.1, 0.15) is 5.82 Å². The van der Waals surface area contributed by atoms with Crippen LogP contribution in [0.25, 0.3) is 0 Å². The van der Waals surface area contributed by atoms with Gasteiger partial charge in [-0.3, -0.25) is 5.43 Å². The van der Waals surface area contributed by atoms with E-state index in [2.05, 4.69) is 15.5 Å². The highest BCUT2D eigenvalue weighted by Crippen LogP contribution is 2.32. The van der Waals surface area contributed by atoms with Gasteiger partial charge in [-0.25, -0.2) is 4.98 Å². The maximum Gasteiger partial charge on any atom is 0.417 e. The van der Waals surface area contributed by atoms with Gasteiger partial charge in [-0.15, -0.1) is 0 Å². The van der Waals surface area contributed by atoms with Gasteiger partial charge in [-0.05, 0) is 59.3 Å². The molecule has 0 aliphatic rings. The van der Waals surface area contributed by atoms with Crippen molar-refractivity contribution in [2.75, 3.05) is 12.0 Å². The Hall–Kier alpha value is -2.04. The number of nitrogens with zero attached hydrogens (tertiary/aromatic N) is 2. The molecule has 0 saturated heterocycles. The van der Waals surface area contributed by atoms with E-state index in [1.54, 1.807) is 19.1 Å². The molecule has 5 nitrogen and oxygen atoms in total. The summed E-state index contributed by atoms with van der Waals surface area (Å²) in [6, 6.07) is 5.39. The summed E-state index contributed by atoms with van der Waals surface area (Å²) in [5, 5.41) is 13.8. The first kappa shape index (κ1) is 18.3. The third-order valence-corrected chi connectivity index (χ3v) is 3.66. The smallest absolute Gasteiger partial charge is 0.417 e. The lowest BCUT2D eigenvalue weighted by Crippen LogP contribution is -2.05. The number of ether oxygens (including phenoxy) is 1. The Kier molecular flexibility index (Phi) is 5.86. The van der Waals surface area contributed by atoms with E-state index < -0.39 is 11.7 Å². The molecule has 0 bridgehead atoms. The summed E-state index contributed by atoms with van der Waals surface area (Å²) in [7, 11) is 0. The zero-order chi connectivity index (χ0) is 17.7. The zero-order valence-electron chi connectivity index (χ0n) is 12.4. The molecule has 0 atom stereocenters. The molecule has 0 saturated carbocycles. The molecule has 2 aromatic rings. The Balaban J connectivity index is 2.09. The van der Waals surface area contributed by atoms with Crippen molar-refractivity contribution in [3.63, 3.8) is 0 Å². The number of hydrogen-bond acceptors (Lipinski definition) is 5. The van der Waals surface area contributed by atoms with Gasteiger partial charge in [0.05, 0.1) is 22.0 Å². The van der Waals surface area contributed by atoms with Crippen molar-refractivity contribution in [2.24, 2.45) is 5.10 Å². The fourth-order valence-corrected chi connectivity index (χ4v) is 2.36. The highest BCUT2D eigenvalue weighted by Gasteiger charge is 2.30. The lowest BCUT2D eigenvalue weighted by Gasteiger charge is -2.08. The Morgan fingerprint density at radius 3 is 2.71 bits per heavy atom. The van der Waals surface area contributed by atoms with E-state index in [9.17, 15) is 18.3 Å². The van der Waals surface area contributed by atoms with Crippen LogP contribution in [-0.4, -0.2) is 22.9 Å². The highest BCUT2D eigenvalue weighted by atomic mass is 127. The van der Waals surface area contributed by atoms with Crippen molar-refractivity contribution in [3.05, 3.63) is 45.2 Å². The molecule has 1 heterocycles. The molecule has 0 radical (unpaired) electrons. The molecule has 128 valence electrons. The van der Waals surface area contributed by atoms with Crippen molar-refractivity contribution in [1.82, 2.24) is 4.98 Å². The zero-order valence-corrected chi connectivity index (χ0v) is 14.6. The van der Waals surface area contributed by atoms with E-state index in [1.807, 2.05) is 22.6 Å². The number of pyridine rings is 1. The summed E-state index contributed by atoms with van der Waals surface area (Å²) in [5.41, 5.74) is 2.37. The summed E-state index contributed by atoms with van der Waals surface area (Å²) in [4.78, 5) is 3.64. The summed E-state index contributed by atoms with van der Waals surface area (Å²) in [5.74, 6) is 0.559. The summed E-state index contributed by atoms with van der Waals surface area (Å²) in [6.45, 7) is 2.20. The molecule has 0 aliphatic carbocycles. The molecular formula is C15H13F3IN3O2. The minimum Gasteiger partial charge on any atom is -0.504 e. The third-order valence-electron chi connectivity index (χ3n) is 2.83. The number of nitrogens with one attached hydrogen (secondary N) is 1. The largest absolute Gasteiger partial charge is 0.504 e. The van der Waals surface area contributed by atoms with Crippen LogP contribution in [0.15, 0.2) is 35.6 Å². The first-order valence-electron chi connectivity index (χ1n) is 6.79. The molecule has 9 heteroatoms. The molecule has 0 amide bonds. The summed E-state index contributed by atoms with van der Waals surface area (Å²) < 4.78 is 43.2. The second kappa shape index (κ2) is 7.69. The summed E-state index contributed by atoms with van der Waals surface area (Å²) in [6.07, 6.45) is -2.24. The van der Waals surface area contributed by atoms with Gasteiger partial charge in [0, 0.05) is 6.20 Å². The first-order chi connectivity index (χ1) is 11.3. The fourth-order valence-electron chi connectivity index (χ4n) is 1.73. The van der Waals surface area contributed by atoms with Crippen molar-refractivity contribution in [3.8, 4) is 11.5 Å². The SMILES string of the molecule is CCOc1cc(/C=N\Nc2ccc(C(F)(F)F)cn2)cc(I)c1O. The van der Waals surface area contributed by atoms with Crippen LogP contribution in [0.5, 0.6) is 11.5 Å². The first-order valence-corrected chi connectivity index (χ1v) is 7.86. The molecule has 0 unspecified atom stereocenters. The second-order valence-electron chi connectivity index (χ2n) is 4.58. The van der Waals surface area contributed by atoms with Crippen LogP contribution >= 0.6 is 22.6 Å². The number of halogens is 4. The van der Waals surface area contributed by atoms with Crippen LogP contribution in [-0.2, 0) is 6.18 Å². The van der Waals surface area contributed by atoms with Crippen LogP contribution < -0.4 is 10.2 Å². The fraction of sp³-hybridized carbons (Fsp3) is 0.200. The number of benzene rings is 1. The van der Waals surface area contributed by atoms with E-state index >= 15 is 0 Å². The molecule has 2 N–H and O–H groups in total. The van der Waals surface area contributed by atoms with E-state index in [1.165, 1.54) is 12.3 Å². The Bertz CT molecular complexity index is 734. The normalized spacial score (nSPS) is 11.7. The molecule has 0 spiro atoms. The van der Waals surface area contributed by atoms with Crippen LogP contribution in [0.2, 0.25) is 0 Å². The topological polar surface area (TPSA) is 66.7 Å². The van der Waals surface area contributed by atoms with E-state index in [0.717, 1.165) is 12.3 Å². The minimum absolute atomic E-state index is 0.0481. The number of phenols is 1. The molecular weight excluding hydrogens is 438 g/mol. The van der Waals surface area contributed by atoms with E-state index in [0.29, 0.717) is 21.5 Å². The number of aromatic hydroxyl groups is 1. The number of hydrazone groups is 1. The molecule has 0 aliphatic heterocycles. The van der Waals surface area contributed by atoms with E-state index in [4.69, 9.17) is 4.74 Å². The average molecular weight is 451 g/mol. The van der Waals surface area contributed by atoms with Gasteiger partial charge in [-0.1, -0.05) is 0 Å². The number of aromatic nitrogens is 1. The number of rotatable bonds is 5. The Labute approximate surface area is 149 Å². The Morgan fingerprint density at radius 2 is 2.12 bits per heavy atom. The molecule has 24 heavy (non-hydrogen) atoms. The van der Waals surface area contributed by atoms with Gasteiger partial charge in [0.2, 0.25) is 0 Å². The van der Waals surface area contributed by atoms with Crippen molar-refractivity contribution in [2.45, 2.75) is 13.1 Å². The van der Waals surface area contributed by atoms with Crippen molar-refractivity contribution < 1.29 is 23.0 Å². The van der Waals surface area contributed by atoms with Gasteiger partial charge < -0.3 is 9.84 Å². The van der Waals surface area contributed by atoms with Crippen LogP contribution in [0.1, 0.15) is 18.1 Å². The monoisotopic (exact) mass is 451 g/mol. The number of phenolic OH excluding ortho intramolecular Hbond substituents is 1. The highest BCUT2D eigenvalue weighted by molar-refractivity contribution is 14.1. The summed E-state index contributed by atoms with van der Waals surface area (Å²) >= 11 is 1.96. The predicted molar refractivity (Wildman–Crippen MR) is 92.4 cm³/mol. The quantitative estimate of drug-likeness (QED) is 0.405.